The molecule has 6 nitrogen and oxygen atoms in total. The van der Waals surface area contributed by atoms with Crippen LogP contribution in [0.2, 0.25) is 0 Å². The minimum Gasteiger partial charge on any atom is -0.486 e. The maximum atomic E-state index is 12.6. The number of rotatable bonds is 7. The predicted molar refractivity (Wildman–Crippen MR) is 130 cm³/mol. The third kappa shape index (κ3) is 5.38. The molecule has 0 aliphatic carbocycles. The van der Waals surface area contributed by atoms with E-state index in [2.05, 4.69) is 32.6 Å². The number of benzene rings is 2. The van der Waals surface area contributed by atoms with Crippen molar-refractivity contribution in [3.63, 3.8) is 0 Å². The summed E-state index contributed by atoms with van der Waals surface area (Å²) in [5.41, 5.74) is 2.19. The number of imidazole rings is 1. The van der Waals surface area contributed by atoms with Crippen LogP contribution in [0.4, 0.5) is 0 Å². The molecule has 2 fully saturated rings. The molecule has 174 valence electrons. The standard InChI is InChI=1S/C27H34N4O2/c32-27(30-15-7-2-8-16-30)20-29-17-13-22(14-18-29)19-31-25-12-6-5-11-24(25)28-26(31)21-33-23-9-3-1-4-10-23/h1,3-6,9-12,22H,2,7-8,13-21H2. The number of aromatic nitrogens is 2. The number of piperidine rings is 2. The summed E-state index contributed by atoms with van der Waals surface area (Å²) < 4.78 is 8.38. The molecule has 0 atom stereocenters. The lowest BCUT2D eigenvalue weighted by Crippen LogP contribution is -2.45. The second-order valence-corrected chi connectivity index (χ2v) is 9.39. The van der Waals surface area contributed by atoms with Crippen molar-refractivity contribution in [1.82, 2.24) is 19.4 Å². The minimum atomic E-state index is 0.314. The van der Waals surface area contributed by atoms with Crippen LogP contribution >= 0.6 is 0 Å². The molecule has 6 heteroatoms. The zero-order chi connectivity index (χ0) is 22.5. The van der Waals surface area contributed by atoms with E-state index in [1.54, 1.807) is 0 Å². The molecule has 2 saturated heterocycles. The number of para-hydroxylation sites is 3. The molecule has 3 aromatic rings. The summed E-state index contributed by atoms with van der Waals surface area (Å²) in [7, 11) is 0. The van der Waals surface area contributed by atoms with Gasteiger partial charge in [0, 0.05) is 19.6 Å². The largest absolute Gasteiger partial charge is 0.486 e. The molecule has 0 N–H and O–H groups in total. The van der Waals surface area contributed by atoms with Crippen LogP contribution in [0.3, 0.4) is 0 Å². The van der Waals surface area contributed by atoms with Crippen LogP contribution in [0.15, 0.2) is 54.6 Å². The van der Waals surface area contributed by atoms with Crippen molar-refractivity contribution >= 4 is 16.9 Å². The van der Waals surface area contributed by atoms with E-state index in [0.29, 0.717) is 25.0 Å². The lowest BCUT2D eigenvalue weighted by Gasteiger charge is -2.34. The SMILES string of the molecule is O=C(CN1CCC(Cn2c(COc3ccccc3)nc3ccccc32)CC1)N1CCCCC1. The van der Waals surface area contributed by atoms with E-state index in [9.17, 15) is 4.79 Å². The molecule has 0 unspecified atom stereocenters. The van der Waals surface area contributed by atoms with Gasteiger partial charge in [-0.25, -0.2) is 4.98 Å². The van der Waals surface area contributed by atoms with E-state index in [1.807, 2.05) is 36.4 Å². The topological polar surface area (TPSA) is 50.6 Å². The molecule has 2 aliphatic rings. The number of hydrogen-bond donors (Lipinski definition) is 0. The molecule has 2 aromatic carbocycles. The zero-order valence-corrected chi connectivity index (χ0v) is 19.4. The van der Waals surface area contributed by atoms with Crippen LogP contribution in [0.25, 0.3) is 11.0 Å². The van der Waals surface area contributed by atoms with Crippen molar-refractivity contribution in [2.75, 3.05) is 32.7 Å². The molecule has 1 aromatic heterocycles. The summed E-state index contributed by atoms with van der Waals surface area (Å²) >= 11 is 0. The molecule has 0 spiro atoms. The fraction of sp³-hybridized carbons (Fsp3) is 0.481. The lowest BCUT2D eigenvalue weighted by molar-refractivity contribution is -0.133. The van der Waals surface area contributed by atoms with Crippen molar-refractivity contribution in [3.8, 4) is 5.75 Å². The highest BCUT2D eigenvalue weighted by Gasteiger charge is 2.25. The highest BCUT2D eigenvalue weighted by molar-refractivity contribution is 5.78. The van der Waals surface area contributed by atoms with Gasteiger partial charge in [-0.2, -0.15) is 0 Å². The highest BCUT2D eigenvalue weighted by atomic mass is 16.5. The third-order valence-corrected chi connectivity index (χ3v) is 7.06. The van der Waals surface area contributed by atoms with E-state index in [0.717, 1.165) is 75.5 Å². The van der Waals surface area contributed by atoms with E-state index >= 15 is 0 Å². The van der Waals surface area contributed by atoms with Crippen LogP contribution in [0.1, 0.15) is 37.9 Å². The molecule has 0 saturated carbocycles. The fourth-order valence-electron chi connectivity index (χ4n) is 5.12. The number of fused-ring (bicyclic) bond motifs is 1. The Morgan fingerprint density at radius 2 is 1.64 bits per heavy atom. The second kappa shape index (κ2) is 10.4. The van der Waals surface area contributed by atoms with Crippen molar-refractivity contribution in [1.29, 1.82) is 0 Å². The van der Waals surface area contributed by atoms with Crippen molar-refractivity contribution in [3.05, 3.63) is 60.4 Å². The van der Waals surface area contributed by atoms with Crippen LogP contribution in [0.5, 0.6) is 5.75 Å². The van der Waals surface area contributed by atoms with E-state index in [4.69, 9.17) is 9.72 Å². The monoisotopic (exact) mass is 446 g/mol. The van der Waals surface area contributed by atoms with Gasteiger partial charge in [-0.15, -0.1) is 0 Å². The Bertz CT molecular complexity index is 1050. The Morgan fingerprint density at radius 1 is 0.909 bits per heavy atom. The number of hydrogen-bond acceptors (Lipinski definition) is 4. The number of ether oxygens (including phenoxy) is 1. The first-order valence-corrected chi connectivity index (χ1v) is 12.4. The van der Waals surface area contributed by atoms with Gasteiger partial charge in [0.15, 0.2) is 0 Å². The lowest BCUT2D eigenvalue weighted by atomic mass is 9.96. The van der Waals surface area contributed by atoms with Crippen LogP contribution in [-0.2, 0) is 17.9 Å². The number of likely N-dealkylation sites (tertiary alicyclic amines) is 2. The zero-order valence-electron chi connectivity index (χ0n) is 19.4. The van der Waals surface area contributed by atoms with Gasteiger partial charge in [0.1, 0.15) is 18.2 Å². The highest BCUT2D eigenvalue weighted by Crippen LogP contribution is 2.25. The number of carbonyl (C=O) groups excluding carboxylic acids is 1. The van der Waals surface area contributed by atoms with Crippen LogP contribution in [0, 0.1) is 5.92 Å². The summed E-state index contributed by atoms with van der Waals surface area (Å²) in [4.78, 5) is 21.9. The van der Waals surface area contributed by atoms with Gasteiger partial charge in [-0.05, 0) is 75.4 Å². The minimum absolute atomic E-state index is 0.314. The number of nitrogens with zero attached hydrogens (tertiary/aromatic N) is 4. The van der Waals surface area contributed by atoms with Crippen LogP contribution < -0.4 is 4.74 Å². The smallest absolute Gasteiger partial charge is 0.236 e. The van der Waals surface area contributed by atoms with E-state index in [1.165, 1.54) is 11.9 Å². The first-order chi connectivity index (χ1) is 16.3. The molecule has 0 bridgehead atoms. The Morgan fingerprint density at radius 3 is 2.42 bits per heavy atom. The van der Waals surface area contributed by atoms with Gasteiger partial charge < -0.3 is 14.2 Å². The number of amides is 1. The fourth-order valence-corrected chi connectivity index (χ4v) is 5.12. The molecule has 1 amide bonds. The van der Waals surface area contributed by atoms with Crippen molar-refractivity contribution in [2.45, 2.75) is 45.3 Å². The summed E-state index contributed by atoms with van der Waals surface area (Å²) in [6.07, 6.45) is 5.79. The molecule has 33 heavy (non-hydrogen) atoms. The maximum Gasteiger partial charge on any atom is 0.236 e. The van der Waals surface area contributed by atoms with Gasteiger partial charge >= 0.3 is 0 Å². The Kier molecular flexibility index (Phi) is 6.91. The quantitative estimate of drug-likeness (QED) is 0.542. The summed E-state index contributed by atoms with van der Waals surface area (Å²) in [6, 6.07) is 18.3. The average molecular weight is 447 g/mol. The molecule has 3 heterocycles. The predicted octanol–water partition coefficient (Wildman–Crippen LogP) is 4.34. The molecule has 2 aliphatic heterocycles. The van der Waals surface area contributed by atoms with Crippen molar-refractivity contribution < 1.29 is 9.53 Å². The van der Waals surface area contributed by atoms with E-state index < -0.39 is 0 Å². The Labute approximate surface area is 196 Å². The van der Waals surface area contributed by atoms with Gasteiger partial charge in [0.05, 0.1) is 17.6 Å². The van der Waals surface area contributed by atoms with Crippen LogP contribution in [-0.4, -0.2) is 58.0 Å². The second-order valence-electron chi connectivity index (χ2n) is 9.39. The summed E-state index contributed by atoms with van der Waals surface area (Å²) in [6.45, 7) is 5.85. The normalized spacial score (nSPS) is 18.0. The first-order valence-electron chi connectivity index (χ1n) is 12.4. The van der Waals surface area contributed by atoms with Gasteiger partial charge in [-0.3, -0.25) is 9.69 Å². The summed E-state index contributed by atoms with van der Waals surface area (Å²) in [5, 5.41) is 0. The Balaban J connectivity index is 1.20. The number of carbonyl (C=O) groups is 1. The molecular formula is C27H34N4O2. The van der Waals surface area contributed by atoms with E-state index in [-0.39, 0.29) is 0 Å². The van der Waals surface area contributed by atoms with Gasteiger partial charge in [0.25, 0.3) is 0 Å². The summed E-state index contributed by atoms with van der Waals surface area (Å²) in [5.74, 6) is 2.74. The maximum absolute atomic E-state index is 12.6. The molecule has 0 radical (unpaired) electrons. The first kappa shape index (κ1) is 22.0. The average Bonchev–Trinajstić information content (AvgIpc) is 3.22. The van der Waals surface area contributed by atoms with Gasteiger partial charge in [-0.1, -0.05) is 30.3 Å². The third-order valence-electron chi connectivity index (χ3n) is 7.06. The molecular weight excluding hydrogens is 412 g/mol. The Hall–Kier alpha value is -2.86. The van der Waals surface area contributed by atoms with Gasteiger partial charge in [0.2, 0.25) is 5.91 Å². The molecule has 5 rings (SSSR count). The van der Waals surface area contributed by atoms with Crippen molar-refractivity contribution in [2.24, 2.45) is 5.92 Å².